The van der Waals surface area contributed by atoms with Crippen LogP contribution in [-0.4, -0.2) is 10.0 Å². The monoisotopic (exact) mass is 181 g/mol. The van der Waals surface area contributed by atoms with Crippen molar-refractivity contribution in [2.45, 2.75) is 19.6 Å². The molecule has 1 rings (SSSR count). The van der Waals surface area contributed by atoms with Gasteiger partial charge in [0.25, 0.3) is 0 Å². The summed E-state index contributed by atoms with van der Waals surface area (Å²) in [7, 11) is 0. The molecule has 4 heteroatoms. The van der Waals surface area contributed by atoms with Crippen LogP contribution < -0.4 is 0 Å². The average molecular weight is 181 g/mol. The summed E-state index contributed by atoms with van der Waals surface area (Å²) in [6, 6.07) is 6.71. The molecule has 1 N–H and O–H groups in total. The fourth-order valence-electron chi connectivity index (χ4n) is 1.05. The molecule has 0 heterocycles. The third-order valence-electron chi connectivity index (χ3n) is 1.77. The van der Waals surface area contributed by atoms with Crippen LogP contribution in [0.15, 0.2) is 24.3 Å². The smallest absolute Gasteiger partial charge is 0.228 e. The maximum absolute atomic E-state index is 10.1. The molecular formula is C9H11NO3. The highest BCUT2D eigenvalue weighted by Gasteiger charge is 2.03. The number of nitrogens with zero attached hydrogens (tertiary/aromatic N) is 1. The first-order valence-electron chi connectivity index (χ1n) is 3.98. The number of aliphatic hydroxyl groups excluding tert-OH is 1. The van der Waals surface area contributed by atoms with Gasteiger partial charge in [-0.25, -0.2) is 0 Å². The third kappa shape index (κ3) is 2.83. The molecular weight excluding hydrogens is 170 g/mol. The lowest BCUT2D eigenvalue weighted by molar-refractivity contribution is -0.496. The zero-order valence-electron chi connectivity index (χ0n) is 7.30. The van der Waals surface area contributed by atoms with Crippen molar-refractivity contribution in [3.63, 3.8) is 0 Å². The second-order valence-electron chi connectivity index (χ2n) is 2.91. The second kappa shape index (κ2) is 4.00. The molecule has 1 unspecified atom stereocenters. The Kier molecular flexibility index (Phi) is 2.97. The molecule has 4 nitrogen and oxygen atoms in total. The number of rotatable bonds is 3. The van der Waals surface area contributed by atoms with E-state index in [-0.39, 0.29) is 11.5 Å². The molecule has 0 saturated heterocycles. The second-order valence-corrected chi connectivity index (χ2v) is 2.91. The minimum absolute atomic E-state index is 0.167. The van der Waals surface area contributed by atoms with Gasteiger partial charge in [0.2, 0.25) is 6.54 Å². The molecule has 0 aliphatic carbocycles. The van der Waals surface area contributed by atoms with Crippen molar-refractivity contribution in [1.29, 1.82) is 0 Å². The van der Waals surface area contributed by atoms with Gasteiger partial charge in [0.05, 0.1) is 6.10 Å². The predicted octanol–water partition coefficient (Wildman–Crippen LogP) is 1.52. The standard InChI is InChI=1S/C9H11NO3/c1-7(11)9-4-2-8(3-5-9)6-10(12)13/h2-5,7,11H,6H2,1H3. The van der Waals surface area contributed by atoms with Crippen LogP contribution in [0.4, 0.5) is 0 Å². The van der Waals surface area contributed by atoms with Gasteiger partial charge in [0.1, 0.15) is 0 Å². The normalized spacial score (nSPS) is 12.5. The first-order chi connectivity index (χ1) is 6.09. The molecule has 0 aromatic heterocycles. The molecule has 13 heavy (non-hydrogen) atoms. The Hall–Kier alpha value is -1.42. The SMILES string of the molecule is CC(O)c1ccc(C[N+](=O)[O-])cc1. The molecule has 1 aromatic carbocycles. The molecule has 0 aliphatic rings. The lowest BCUT2D eigenvalue weighted by atomic mass is 10.1. The maximum atomic E-state index is 10.1. The Labute approximate surface area is 76.0 Å². The van der Waals surface area contributed by atoms with Crippen LogP contribution in [0.5, 0.6) is 0 Å². The largest absolute Gasteiger partial charge is 0.389 e. The lowest BCUT2D eigenvalue weighted by Gasteiger charge is -2.03. The van der Waals surface area contributed by atoms with Crippen LogP contribution in [-0.2, 0) is 6.54 Å². The molecule has 0 aliphatic heterocycles. The summed E-state index contributed by atoms with van der Waals surface area (Å²) in [6.45, 7) is 1.49. The minimum Gasteiger partial charge on any atom is -0.389 e. The van der Waals surface area contributed by atoms with Crippen molar-refractivity contribution in [3.05, 3.63) is 45.5 Å². The summed E-state index contributed by atoms with van der Waals surface area (Å²) in [5, 5.41) is 19.3. The maximum Gasteiger partial charge on any atom is 0.228 e. The van der Waals surface area contributed by atoms with Crippen molar-refractivity contribution in [2.24, 2.45) is 0 Å². The Morgan fingerprint density at radius 2 is 2.00 bits per heavy atom. The average Bonchev–Trinajstić information content (AvgIpc) is 2.04. The minimum atomic E-state index is -0.523. The van der Waals surface area contributed by atoms with Gasteiger partial charge in [-0.1, -0.05) is 24.3 Å². The molecule has 1 atom stereocenters. The van der Waals surface area contributed by atoms with Crippen molar-refractivity contribution >= 4 is 0 Å². The third-order valence-corrected chi connectivity index (χ3v) is 1.77. The Bertz CT molecular complexity index is 292. The van der Waals surface area contributed by atoms with Crippen LogP contribution in [0.3, 0.4) is 0 Å². The van der Waals surface area contributed by atoms with Gasteiger partial charge in [0, 0.05) is 10.5 Å². The van der Waals surface area contributed by atoms with Gasteiger partial charge in [-0.15, -0.1) is 0 Å². The number of hydrogen-bond acceptors (Lipinski definition) is 3. The van der Waals surface area contributed by atoms with Crippen molar-refractivity contribution in [2.75, 3.05) is 0 Å². The van der Waals surface area contributed by atoms with Crippen LogP contribution in [0.25, 0.3) is 0 Å². The van der Waals surface area contributed by atoms with E-state index in [9.17, 15) is 10.1 Å². The topological polar surface area (TPSA) is 63.4 Å². The highest BCUT2D eigenvalue weighted by molar-refractivity contribution is 5.23. The Balaban J connectivity index is 2.75. The van der Waals surface area contributed by atoms with E-state index in [4.69, 9.17) is 5.11 Å². The summed E-state index contributed by atoms with van der Waals surface area (Å²) in [4.78, 5) is 9.77. The van der Waals surface area contributed by atoms with E-state index < -0.39 is 6.10 Å². The fourth-order valence-corrected chi connectivity index (χ4v) is 1.05. The van der Waals surface area contributed by atoms with E-state index in [0.29, 0.717) is 5.56 Å². The quantitative estimate of drug-likeness (QED) is 0.568. The van der Waals surface area contributed by atoms with E-state index in [1.54, 1.807) is 31.2 Å². The van der Waals surface area contributed by atoms with Crippen molar-refractivity contribution in [1.82, 2.24) is 0 Å². The molecule has 0 saturated carbocycles. The summed E-state index contributed by atoms with van der Waals surface area (Å²) in [6.07, 6.45) is -0.523. The summed E-state index contributed by atoms with van der Waals surface area (Å²) in [5.74, 6) is 0. The van der Waals surface area contributed by atoms with Gasteiger partial charge in [0.15, 0.2) is 0 Å². The number of nitro groups is 1. The molecule has 70 valence electrons. The van der Waals surface area contributed by atoms with Crippen LogP contribution in [0, 0.1) is 10.1 Å². The molecule has 0 bridgehead atoms. The van der Waals surface area contributed by atoms with Gasteiger partial charge < -0.3 is 5.11 Å². The van der Waals surface area contributed by atoms with Crippen LogP contribution >= 0.6 is 0 Å². The Morgan fingerprint density at radius 3 is 2.38 bits per heavy atom. The molecule has 1 aromatic rings. The van der Waals surface area contributed by atoms with E-state index in [2.05, 4.69) is 0 Å². The first-order valence-corrected chi connectivity index (χ1v) is 3.98. The number of hydrogen-bond donors (Lipinski definition) is 1. The number of benzene rings is 1. The summed E-state index contributed by atoms with van der Waals surface area (Å²) < 4.78 is 0. The van der Waals surface area contributed by atoms with Crippen molar-refractivity contribution < 1.29 is 10.0 Å². The van der Waals surface area contributed by atoms with Gasteiger partial charge in [-0.05, 0) is 12.5 Å². The van der Waals surface area contributed by atoms with E-state index >= 15 is 0 Å². The fraction of sp³-hybridized carbons (Fsp3) is 0.333. The lowest BCUT2D eigenvalue weighted by Crippen LogP contribution is -1.98. The highest BCUT2D eigenvalue weighted by atomic mass is 16.6. The zero-order valence-corrected chi connectivity index (χ0v) is 7.30. The van der Waals surface area contributed by atoms with Gasteiger partial charge >= 0.3 is 0 Å². The molecule has 0 radical (unpaired) electrons. The molecule has 0 fully saturated rings. The van der Waals surface area contributed by atoms with Gasteiger partial charge in [-0.3, -0.25) is 10.1 Å². The van der Waals surface area contributed by atoms with Crippen molar-refractivity contribution in [3.8, 4) is 0 Å². The molecule has 0 spiro atoms. The van der Waals surface area contributed by atoms with E-state index in [1.165, 1.54) is 0 Å². The predicted molar refractivity (Wildman–Crippen MR) is 47.8 cm³/mol. The number of aliphatic hydroxyl groups is 1. The van der Waals surface area contributed by atoms with E-state index in [0.717, 1.165) is 5.56 Å². The van der Waals surface area contributed by atoms with Crippen LogP contribution in [0.1, 0.15) is 24.2 Å². The van der Waals surface area contributed by atoms with E-state index in [1.807, 2.05) is 0 Å². The highest BCUT2D eigenvalue weighted by Crippen LogP contribution is 2.12. The van der Waals surface area contributed by atoms with Gasteiger partial charge in [-0.2, -0.15) is 0 Å². The summed E-state index contributed by atoms with van der Waals surface area (Å²) in [5.41, 5.74) is 1.42. The molecule has 0 amide bonds. The summed E-state index contributed by atoms with van der Waals surface area (Å²) >= 11 is 0. The first kappa shape index (κ1) is 9.67. The van der Waals surface area contributed by atoms with Crippen LogP contribution in [0.2, 0.25) is 0 Å². The Morgan fingerprint density at radius 1 is 1.46 bits per heavy atom. The zero-order chi connectivity index (χ0) is 9.84.